The molecule has 0 radical (unpaired) electrons. The molecule has 2 aromatic carbocycles. The molecule has 2 heterocycles. The Labute approximate surface area is 239 Å². The summed E-state index contributed by atoms with van der Waals surface area (Å²) >= 11 is 0. The van der Waals surface area contributed by atoms with Gasteiger partial charge >= 0.3 is 24.2 Å². The van der Waals surface area contributed by atoms with Crippen molar-refractivity contribution in [2.45, 2.75) is 63.4 Å². The van der Waals surface area contributed by atoms with E-state index in [2.05, 4.69) is 5.32 Å². The number of hydrogen-bond acceptors (Lipinski definition) is 9. The number of imide groups is 1. The molecule has 0 saturated carbocycles. The van der Waals surface area contributed by atoms with Gasteiger partial charge in [0.05, 0.1) is 24.9 Å². The highest BCUT2D eigenvalue weighted by Crippen LogP contribution is 2.65. The molecule has 2 aromatic rings. The van der Waals surface area contributed by atoms with Crippen molar-refractivity contribution >= 4 is 29.6 Å². The van der Waals surface area contributed by atoms with Crippen LogP contribution in [0.4, 0.5) is 23.7 Å². The lowest BCUT2D eigenvalue weighted by Gasteiger charge is -2.38. The standard InChI is InChI=1S/C29H31F3N2O8/c1-6-40-23(37)28(24(38)41-7-2)21(29(30,31)32)27(20(33-28)16-12-8-11-15-19(16)35)17-13-9-10-14-18(17)34(22(27)36)25(39)42-26(3,4)5/h8-15,20-21,33,35H,6-7H2,1-5H3/t20-,21+,27-/m1/s1. The minimum absolute atomic E-state index is 0.239. The first-order valence-electron chi connectivity index (χ1n) is 13.2. The van der Waals surface area contributed by atoms with Gasteiger partial charge in [-0.25, -0.2) is 19.3 Å². The number of phenolic OH excluding ortho intramolecular Hbond substituents is 1. The van der Waals surface area contributed by atoms with Gasteiger partial charge in [0.15, 0.2) is 0 Å². The summed E-state index contributed by atoms with van der Waals surface area (Å²) < 4.78 is 62.3. The van der Waals surface area contributed by atoms with E-state index in [1.54, 1.807) is 0 Å². The molecule has 0 unspecified atom stereocenters. The van der Waals surface area contributed by atoms with Crippen LogP contribution in [-0.4, -0.2) is 59.6 Å². The topological polar surface area (TPSA) is 131 Å². The van der Waals surface area contributed by atoms with Gasteiger partial charge in [0, 0.05) is 5.56 Å². The summed E-state index contributed by atoms with van der Waals surface area (Å²) in [6.07, 6.45) is -6.73. The van der Waals surface area contributed by atoms with E-state index in [9.17, 15) is 24.3 Å². The molecular formula is C29H31F3N2O8. The second kappa shape index (κ2) is 10.6. The number of alkyl halides is 3. The third-order valence-corrected chi connectivity index (χ3v) is 7.21. The number of carbonyl (C=O) groups is 4. The highest BCUT2D eigenvalue weighted by Gasteiger charge is 2.83. The molecule has 226 valence electrons. The van der Waals surface area contributed by atoms with Crippen molar-refractivity contribution < 1.29 is 51.7 Å². The molecule has 0 aromatic heterocycles. The lowest BCUT2D eigenvalue weighted by atomic mass is 9.62. The Morgan fingerprint density at radius 2 is 1.50 bits per heavy atom. The van der Waals surface area contributed by atoms with Gasteiger partial charge in [0.25, 0.3) is 0 Å². The molecule has 2 aliphatic heterocycles. The molecule has 2 aliphatic rings. The fourth-order valence-corrected chi connectivity index (χ4v) is 5.89. The minimum atomic E-state index is -5.46. The summed E-state index contributed by atoms with van der Waals surface area (Å²) in [6.45, 7) is 6.40. The Bertz CT molecular complexity index is 1400. The largest absolute Gasteiger partial charge is 0.508 e. The molecule has 4 rings (SSSR count). The van der Waals surface area contributed by atoms with Gasteiger partial charge in [0.2, 0.25) is 11.4 Å². The van der Waals surface area contributed by atoms with Crippen LogP contribution in [0.1, 0.15) is 51.8 Å². The number of carbonyl (C=O) groups excluding carboxylic acids is 4. The SMILES string of the molecule is CCOC(=O)C1(C(=O)OCC)N[C@H](c2ccccc2O)[C@@]2(C(=O)N(C(=O)OC(C)(C)C)c3ccccc32)[C@@H]1C(F)(F)F. The number of hydrogen-bond donors (Lipinski definition) is 2. The highest BCUT2D eigenvalue weighted by atomic mass is 19.4. The van der Waals surface area contributed by atoms with Crippen LogP contribution in [-0.2, 0) is 34.0 Å². The molecule has 1 fully saturated rings. The van der Waals surface area contributed by atoms with Crippen molar-refractivity contribution in [3.8, 4) is 5.75 Å². The Kier molecular flexibility index (Phi) is 7.78. The zero-order chi connectivity index (χ0) is 31.3. The van der Waals surface area contributed by atoms with Crippen LogP contribution in [0.15, 0.2) is 48.5 Å². The summed E-state index contributed by atoms with van der Waals surface area (Å²) in [4.78, 5) is 55.7. The number of aromatic hydroxyl groups is 1. The van der Waals surface area contributed by atoms with Crippen LogP contribution in [0.2, 0.25) is 0 Å². The predicted molar refractivity (Wildman–Crippen MR) is 141 cm³/mol. The van der Waals surface area contributed by atoms with Gasteiger partial charge in [-0.05, 0) is 52.3 Å². The third-order valence-electron chi connectivity index (χ3n) is 7.21. The van der Waals surface area contributed by atoms with Crippen LogP contribution in [0, 0.1) is 5.92 Å². The predicted octanol–water partition coefficient (Wildman–Crippen LogP) is 4.30. The van der Waals surface area contributed by atoms with E-state index in [0.717, 1.165) is 0 Å². The second-order valence-electron chi connectivity index (χ2n) is 10.9. The Morgan fingerprint density at radius 3 is 2.02 bits per heavy atom. The fourth-order valence-electron chi connectivity index (χ4n) is 5.89. The van der Waals surface area contributed by atoms with E-state index in [1.165, 1.54) is 83.1 Å². The maximum Gasteiger partial charge on any atom is 0.421 e. The quantitative estimate of drug-likeness (QED) is 0.296. The van der Waals surface area contributed by atoms with Gasteiger partial charge in [0.1, 0.15) is 22.7 Å². The normalized spacial score (nSPS) is 23.0. The summed E-state index contributed by atoms with van der Waals surface area (Å²) in [5, 5.41) is 13.3. The number of nitrogens with zero attached hydrogens (tertiary/aromatic N) is 1. The Balaban J connectivity index is 2.17. The summed E-state index contributed by atoms with van der Waals surface area (Å²) in [5.41, 5.74) is -8.16. The van der Waals surface area contributed by atoms with Crippen LogP contribution in [0.5, 0.6) is 5.75 Å². The lowest BCUT2D eigenvalue weighted by molar-refractivity contribution is -0.217. The van der Waals surface area contributed by atoms with E-state index < -0.39 is 77.6 Å². The number of amides is 2. The maximum absolute atomic E-state index is 15.6. The molecule has 2 amide bonds. The first kappa shape index (κ1) is 30.8. The van der Waals surface area contributed by atoms with Crippen molar-refractivity contribution in [1.82, 2.24) is 5.32 Å². The molecular weight excluding hydrogens is 561 g/mol. The first-order chi connectivity index (χ1) is 19.6. The third kappa shape index (κ3) is 4.55. The van der Waals surface area contributed by atoms with Crippen LogP contribution < -0.4 is 10.2 Å². The molecule has 1 saturated heterocycles. The molecule has 3 atom stereocenters. The van der Waals surface area contributed by atoms with Crippen LogP contribution in [0.25, 0.3) is 0 Å². The van der Waals surface area contributed by atoms with Gasteiger partial charge in [-0.3, -0.25) is 10.1 Å². The lowest BCUT2D eigenvalue weighted by Crippen LogP contribution is -2.65. The monoisotopic (exact) mass is 592 g/mol. The number of ether oxygens (including phenoxy) is 3. The number of fused-ring (bicyclic) bond motifs is 2. The fraction of sp³-hybridized carbons (Fsp3) is 0.448. The second-order valence-corrected chi connectivity index (χ2v) is 10.9. The smallest absolute Gasteiger partial charge is 0.421 e. The van der Waals surface area contributed by atoms with E-state index in [0.29, 0.717) is 4.90 Å². The number of para-hydroxylation sites is 2. The molecule has 42 heavy (non-hydrogen) atoms. The number of esters is 2. The summed E-state index contributed by atoms with van der Waals surface area (Å²) in [6, 6.07) is 8.58. The van der Waals surface area contributed by atoms with Crippen molar-refractivity contribution in [3.05, 3.63) is 59.7 Å². The molecule has 2 N–H and O–H groups in total. The molecule has 0 aliphatic carbocycles. The van der Waals surface area contributed by atoms with Gasteiger partial charge in [-0.15, -0.1) is 0 Å². The first-order valence-corrected chi connectivity index (χ1v) is 13.2. The summed E-state index contributed by atoms with van der Waals surface area (Å²) in [5.74, 6) is -8.38. The average Bonchev–Trinajstić information content (AvgIpc) is 3.35. The number of nitrogens with one attached hydrogen (secondary N) is 1. The zero-order valence-electron chi connectivity index (χ0n) is 23.6. The van der Waals surface area contributed by atoms with Crippen molar-refractivity contribution in [1.29, 1.82) is 0 Å². The van der Waals surface area contributed by atoms with E-state index in [1.807, 2.05) is 0 Å². The number of benzene rings is 2. The number of halogens is 3. The average molecular weight is 593 g/mol. The number of rotatable bonds is 5. The van der Waals surface area contributed by atoms with E-state index >= 15 is 13.2 Å². The molecule has 0 bridgehead atoms. The van der Waals surface area contributed by atoms with Crippen molar-refractivity contribution in [2.75, 3.05) is 18.1 Å². The molecule has 13 heteroatoms. The van der Waals surface area contributed by atoms with Gasteiger partial charge < -0.3 is 19.3 Å². The number of phenols is 1. The zero-order valence-corrected chi connectivity index (χ0v) is 23.6. The molecule has 1 spiro atoms. The van der Waals surface area contributed by atoms with E-state index in [-0.39, 0.29) is 16.8 Å². The van der Waals surface area contributed by atoms with Crippen molar-refractivity contribution in [3.63, 3.8) is 0 Å². The number of anilines is 1. The molecule has 10 nitrogen and oxygen atoms in total. The minimum Gasteiger partial charge on any atom is -0.508 e. The van der Waals surface area contributed by atoms with Crippen LogP contribution in [0.3, 0.4) is 0 Å². The maximum atomic E-state index is 15.6. The van der Waals surface area contributed by atoms with Gasteiger partial charge in [-0.1, -0.05) is 36.4 Å². The van der Waals surface area contributed by atoms with Crippen LogP contribution >= 0.6 is 0 Å². The highest BCUT2D eigenvalue weighted by molar-refractivity contribution is 6.23. The van der Waals surface area contributed by atoms with E-state index in [4.69, 9.17) is 14.2 Å². The van der Waals surface area contributed by atoms with Crippen molar-refractivity contribution in [2.24, 2.45) is 5.92 Å². The Hall–Kier alpha value is -4.13. The summed E-state index contributed by atoms with van der Waals surface area (Å²) in [7, 11) is 0. The van der Waals surface area contributed by atoms with Gasteiger partial charge in [-0.2, -0.15) is 13.2 Å². The Morgan fingerprint density at radius 1 is 0.952 bits per heavy atom.